The average molecular weight is 398 g/mol. The third kappa shape index (κ3) is 8.04. The molecule has 0 bridgehead atoms. The Kier molecular flexibility index (Phi) is 9.21. The number of unbranched alkanes of at least 4 members (excludes halogenated alkanes) is 1. The van der Waals surface area contributed by atoms with Crippen LogP contribution in [0.5, 0.6) is 0 Å². The number of hydrogen-bond donors (Lipinski definition) is 1. The van der Waals surface area contributed by atoms with E-state index in [2.05, 4.69) is 23.8 Å². The van der Waals surface area contributed by atoms with Gasteiger partial charge in [0.25, 0.3) is 0 Å². The number of amides is 1. The molecule has 0 radical (unpaired) electrons. The minimum absolute atomic E-state index is 0.0217. The largest absolute Gasteiger partial charge is 0.492 e. The third-order valence-electron chi connectivity index (χ3n) is 3.88. The highest BCUT2D eigenvalue weighted by molar-refractivity contribution is 5.89. The zero-order valence-corrected chi connectivity index (χ0v) is 16.6. The molecule has 1 aromatic carbocycles. The van der Waals surface area contributed by atoms with Gasteiger partial charge >= 0.3 is 12.1 Å². The van der Waals surface area contributed by atoms with Crippen molar-refractivity contribution in [2.75, 3.05) is 19.8 Å². The maximum Gasteiger partial charge on any atom is 0.407 e. The molecule has 0 aliphatic rings. The number of hydrogen-bond acceptors (Lipinski definition) is 6. The molecule has 0 saturated heterocycles. The number of ether oxygens (including phenoxy) is 3. The van der Waals surface area contributed by atoms with Crippen LogP contribution in [0.15, 0.2) is 55.2 Å². The minimum Gasteiger partial charge on any atom is -0.492 e. The summed E-state index contributed by atoms with van der Waals surface area (Å²) >= 11 is 0. The number of esters is 1. The van der Waals surface area contributed by atoms with E-state index in [1.54, 1.807) is 12.1 Å². The average Bonchev–Trinajstić information content (AvgIpc) is 2.76. The fourth-order valence-electron chi connectivity index (χ4n) is 2.25. The van der Waals surface area contributed by atoms with Crippen LogP contribution in [0.25, 0.3) is 5.76 Å². The number of carbonyl (C=O) groups excluding carboxylic acids is 2. The normalized spacial score (nSPS) is 10.1. The van der Waals surface area contributed by atoms with E-state index in [0.717, 1.165) is 18.4 Å². The Bertz CT molecular complexity index is 791. The molecule has 0 saturated carbocycles. The summed E-state index contributed by atoms with van der Waals surface area (Å²) in [6, 6.07) is 12.6. The maximum absolute atomic E-state index is 12.0. The van der Waals surface area contributed by atoms with Crippen LogP contribution in [0.1, 0.15) is 41.4 Å². The smallest absolute Gasteiger partial charge is 0.407 e. The quantitative estimate of drug-likeness (QED) is 0.350. The molecule has 0 fully saturated rings. The van der Waals surface area contributed by atoms with Crippen molar-refractivity contribution in [2.24, 2.45) is 0 Å². The standard InChI is InChI=1S/C22H26N2O5/c1-3-4-13-27-17(2)20-11-10-19(15-24-20)21(25)28-14-12-23-22(26)29-16-18-8-6-5-7-9-18/h5-11,15H,2-4,12-14,16H2,1H3,(H,23,26). The van der Waals surface area contributed by atoms with Gasteiger partial charge in [-0.05, 0) is 24.1 Å². The lowest BCUT2D eigenvalue weighted by Gasteiger charge is -2.09. The van der Waals surface area contributed by atoms with E-state index in [9.17, 15) is 9.59 Å². The first kappa shape index (κ1) is 21.9. The number of aromatic nitrogens is 1. The van der Waals surface area contributed by atoms with Crippen molar-refractivity contribution in [1.82, 2.24) is 10.3 Å². The molecule has 2 rings (SSSR count). The van der Waals surface area contributed by atoms with E-state index in [1.807, 2.05) is 30.3 Å². The Hall–Kier alpha value is -3.35. The highest BCUT2D eigenvalue weighted by Crippen LogP contribution is 2.12. The SMILES string of the molecule is C=C(OCCCC)c1ccc(C(=O)OCCNC(=O)OCc2ccccc2)cn1. The number of nitrogens with zero attached hydrogens (tertiary/aromatic N) is 1. The summed E-state index contributed by atoms with van der Waals surface area (Å²) in [5.41, 5.74) is 1.77. The summed E-state index contributed by atoms with van der Waals surface area (Å²) in [7, 11) is 0. The van der Waals surface area contributed by atoms with Gasteiger partial charge in [-0.15, -0.1) is 0 Å². The summed E-state index contributed by atoms with van der Waals surface area (Å²) in [4.78, 5) is 27.8. The highest BCUT2D eigenvalue weighted by Gasteiger charge is 2.10. The van der Waals surface area contributed by atoms with Gasteiger partial charge in [0.15, 0.2) is 0 Å². The first-order chi connectivity index (χ1) is 14.1. The van der Waals surface area contributed by atoms with E-state index < -0.39 is 12.1 Å². The second-order valence-corrected chi connectivity index (χ2v) is 6.18. The zero-order chi connectivity index (χ0) is 20.9. The number of rotatable bonds is 11. The molecule has 29 heavy (non-hydrogen) atoms. The predicted molar refractivity (Wildman–Crippen MR) is 109 cm³/mol. The summed E-state index contributed by atoms with van der Waals surface area (Å²) in [6.07, 6.45) is 2.81. The number of benzene rings is 1. The lowest BCUT2D eigenvalue weighted by Crippen LogP contribution is -2.28. The van der Waals surface area contributed by atoms with Crippen LogP contribution in [-0.2, 0) is 20.8 Å². The molecule has 7 heteroatoms. The summed E-state index contributed by atoms with van der Waals surface area (Å²) in [6.45, 7) is 6.84. The van der Waals surface area contributed by atoms with Gasteiger partial charge in [-0.1, -0.05) is 50.3 Å². The van der Waals surface area contributed by atoms with Crippen molar-refractivity contribution in [2.45, 2.75) is 26.4 Å². The van der Waals surface area contributed by atoms with E-state index in [4.69, 9.17) is 14.2 Å². The van der Waals surface area contributed by atoms with E-state index in [1.165, 1.54) is 6.20 Å². The Balaban J connectivity index is 1.65. The lowest BCUT2D eigenvalue weighted by atomic mass is 10.2. The van der Waals surface area contributed by atoms with Crippen LogP contribution in [0.3, 0.4) is 0 Å². The molecule has 0 aliphatic heterocycles. The summed E-state index contributed by atoms with van der Waals surface area (Å²) in [5, 5.41) is 2.53. The van der Waals surface area contributed by atoms with E-state index >= 15 is 0 Å². The van der Waals surface area contributed by atoms with Crippen molar-refractivity contribution in [3.8, 4) is 0 Å². The third-order valence-corrected chi connectivity index (χ3v) is 3.88. The number of carbonyl (C=O) groups is 2. The Morgan fingerprint density at radius 1 is 1.03 bits per heavy atom. The number of alkyl carbamates (subject to hydrolysis) is 1. The van der Waals surface area contributed by atoms with Crippen LogP contribution >= 0.6 is 0 Å². The van der Waals surface area contributed by atoms with Crippen LogP contribution in [0.2, 0.25) is 0 Å². The predicted octanol–water partition coefficient (Wildman–Crippen LogP) is 3.95. The minimum atomic E-state index is -0.572. The Morgan fingerprint density at radius 2 is 1.83 bits per heavy atom. The van der Waals surface area contributed by atoms with Crippen LogP contribution < -0.4 is 5.32 Å². The van der Waals surface area contributed by atoms with Gasteiger partial charge in [0, 0.05) is 6.20 Å². The Labute approximate surface area is 170 Å². The topological polar surface area (TPSA) is 86.8 Å². The molecule has 1 heterocycles. The molecule has 0 atom stereocenters. The van der Waals surface area contributed by atoms with E-state index in [0.29, 0.717) is 23.6 Å². The van der Waals surface area contributed by atoms with Crippen molar-refractivity contribution >= 4 is 17.8 Å². The molecular formula is C22H26N2O5. The molecule has 0 unspecified atom stereocenters. The monoisotopic (exact) mass is 398 g/mol. The maximum atomic E-state index is 12.0. The van der Waals surface area contributed by atoms with Gasteiger partial charge in [-0.25, -0.2) is 9.59 Å². The van der Waals surface area contributed by atoms with Gasteiger partial charge in [-0.2, -0.15) is 0 Å². The summed E-state index contributed by atoms with van der Waals surface area (Å²) < 4.78 is 15.7. The lowest BCUT2D eigenvalue weighted by molar-refractivity contribution is 0.0503. The van der Waals surface area contributed by atoms with E-state index in [-0.39, 0.29) is 19.8 Å². The Morgan fingerprint density at radius 3 is 2.52 bits per heavy atom. The fraction of sp³-hybridized carbons (Fsp3) is 0.318. The molecule has 7 nitrogen and oxygen atoms in total. The first-order valence-electron chi connectivity index (χ1n) is 9.50. The second kappa shape index (κ2) is 12.2. The van der Waals surface area contributed by atoms with Gasteiger partial charge < -0.3 is 19.5 Å². The number of nitrogens with one attached hydrogen (secondary N) is 1. The molecule has 1 aromatic heterocycles. The zero-order valence-electron chi connectivity index (χ0n) is 16.6. The highest BCUT2D eigenvalue weighted by atomic mass is 16.6. The van der Waals surface area contributed by atoms with Crippen molar-refractivity contribution < 1.29 is 23.8 Å². The van der Waals surface area contributed by atoms with Crippen LogP contribution in [0, 0.1) is 0 Å². The van der Waals surface area contributed by atoms with Crippen LogP contribution in [0.4, 0.5) is 4.79 Å². The molecular weight excluding hydrogens is 372 g/mol. The van der Waals surface area contributed by atoms with Crippen molar-refractivity contribution in [3.63, 3.8) is 0 Å². The van der Waals surface area contributed by atoms with Gasteiger partial charge in [-0.3, -0.25) is 4.98 Å². The van der Waals surface area contributed by atoms with Gasteiger partial charge in [0.05, 0.1) is 18.7 Å². The van der Waals surface area contributed by atoms with Gasteiger partial charge in [0.1, 0.15) is 24.7 Å². The van der Waals surface area contributed by atoms with Gasteiger partial charge in [0.2, 0.25) is 0 Å². The molecule has 0 aliphatic carbocycles. The van der Waals surface area contributed by atoms with Crippen molar-refractivity contribution in [1.29, 1.82) is 0 Å². The number of pyridine rings is 1. The first-order valence-corrected chi connectivity index (χ1v) is 9.50. The fourth-order valence-corrected chi connectivity index (χ4v) is 2.25. The molecule has 154 valence electrons. The summed E-state index contributed by atoms with van der Waals surface area (Å²) in [5.74, 6) is -0.0578. The van der Waals surface area contributed by atoms with Crippen LogP contribution in [-0.4, -0.2) is 36.8 Å². The van der Waals surface area contributed by atoms with Crippen molar-refractivity contribution in [3.05, 3.63) is 72.1 Å². The molecule has 2 aromatic rings. The second-order valence-electron chi connectivity index (χ2n) is 6.18. The molecule has 1 amide bonds. The molecule has 0 spiro atoms. The molecule has 1 N–H and O–H groups in total.